The van der Waals surface area contributed by atoms with Crippen molar-refractivity contribution in [1.29, 1.82) is 5.26 Å². The summed E-state index contributed by atoms with van der Waals surface area (Å²) >= 11 is 0. The lowest BCUT2D eigenvalue weighted by atomic mass is 10.1. The van der Waals surface area contributed by atoms with Crippen LogP contribution in [-0.4, -0.2) is 4.57 Å². The van der Waals surface area contributed by atoms with Crippen molar-refractivity contribution in [3.05, 3.63) is 45.5 Å². The van der Waals surface area contributed by atoms with E-state index in [4.69, 9.17) is 5.26 Å². The Morgan fingerprint density at radius 2 is 2.12 bits per heavy atom. The van der Waals surface area contributed by atoms with Crippen LogP contribution >= 0.6 is 0 Å². The minimum absolute atomic E-state index is 0.0700. The van der Waals surface area contributed by atoms with Crippen molar-refractivity contribution >= 4 is 10.9 Å². The fourth-order valence-electron chi connectivity index (χ4n) is 1.80. The van der Waals surface area contributed by atoms with E-state index in [0.29, 0.717) is 16.5 Å². The highest BCUT2D eigenvalue weighted by molar-refractivity contribution is 5.84. The van der Waals surface area contributed by atoms with Gasteiger partial charge in [0.05, 0.1) is 5.52 Å². The van der Waals surface area contributed by atoms with Crippen molar-refractivity contribution in [3.8, 4) is 6.07 Å². The Hall–Kier alpha value is -2.15. The van der Waals surface area contributed by atoms with E-state index in [1.54, 1.807) is 20.0 Å². The molecule has 0 amide bonds. The molecule has 1 heterocycles. The van der Waals surface area contributed by atoms with Gasteiger partial charge in [-0.05, 0) is 30.7 Å². The maximum absolute atomic E-state index is 13.1. The van der Waals surface area contributed by atoms with Crippen LogP contribution in [0, 0.1) is 24.1 Å². The van der Waals surface area contributed by atoms with Crippen LogP contribution in [0.3, 0.4) is 0 Å². The zero-order valence-electron chi connectivity index (χ0n) is 8.91. The molecular weight excluding hydrogens is 207 g/mol. The quantitative estimate of drug-likeness (QED) is 0.674. The molecule has 0 aliphatic heterocycles. The van der Waals surface area contributed by atoms with E-state index in [2.05, 4.69) is 0 Å². The first-order chi connectivity index (χ1) is 7.56. The van der Waals surface area contributed by atoms with Gasteiger partial charge in [0.25, 0.3) is 5.56 Å². The summed E-state index contributed by atoms with van der Waals surface area (Å²) in [6.45, 7) is 1.65. The SMILES string of the molecule is Cc1c(C#N)c(=O)n(C)c2ccc(F)cc12. The third kappa shape index (κ3) is 1.29. The lowest BCUT2D eigenvalue weighted by Crippen LogP contribution is -2.21. The largest absolute Gasteiger partial charge is 0.310 e. The van der Waals surface area contributed by atoms with Crippen LogP contribution in [0.25, 0.3) is 10.9 Å². The zero-order valence-corrected chi connectivity index (χ0v) is 8.91. The molecule has 0 atom stereocenters. The second kappa shape index (κ2) is 3.46. The van der Waals surface area contributed by atoms with Crippen LogP contribution in [0.1, 0.15) is 11.1 Å². The summed E-state index contributed by atoms with van der Waals surface area (Å²) < 4.78 is 14.5. The molecular formula is C12H9FN2O. The Kier molecular flexibility index (Phi) is 2.24. The summed E-state index contributed by atoms with van der Waals surface area (Å²) in [7, 11) is 1.57. The lowest BCUT2D eigenvalue weighted by Gasteiger charge is -2.08. The first kappa shape index (κ1) is 10.4. The van der Waals surface area contributed by atoms with Gasteiger partial charge in [-0.15, -0.1) is 0 Å². The number of nitriles is 1. The summed E-state index contributed by atoms with van der Waals surface area (Å²) in [5, 5.41) is 9.49. The topological polar surface area (TPSA) is 45.8 Å². The number of fused-ring (bicyclic) bond motifs is 1. The molecule has 3 nitrogen and oxygen atoms in total. The molecule has 80 valence electrons. The van der Waals surface area contributed by atoms with E-state index < -0.39 is 0 Å². The van der Waals surface area contributed by atoms with Crippen molar-refractivity contribution in [1.82, 2.24) is 4.57 Å². The van der Waals surface area contributed by atoms with Crippen LogP contribution < -0.4 is 5.56 Å². The van der Waals surface area contributed by atoms with Gasteiger partial charge in [0.1, 0.15) is 17.4 Å². The van der Waals surface area contributed by atoms with E-state index in [9.17, 15) is 9.18 Å². The van der Waals surface area contributed by atoms with Gasteiger partial charge in [-0.2, -0.15) is 5.26 Å². The van der Waals surface area contributed by atoms with Crippen molar-refractivity contribution in [2.45, 2.75) is 6.92 Å². The summed E-state index contributed by atoms with van der Waals surface area (Å²) in [5.41, 5.74) is 0.878. The molecule has 0 unspecified atom stereocenters. The Morgan fingerprint density at radius 1 is 1.44 bits per heavy atom. The van der Waals surface area contributed by atoms with E-state index in [0.717, 1.165) is 0 Å². The maximum Gasteiger partial charge on any atom is 0.268 e. The highest BCUT2D eigenvalue weighted by atomic mass is 19.1. The Morgan fingerprint density at radius 3 is 2.75 bits per heavy atom. The molecule has 2 aromatic rings. The molecule has 0 fully saturated rings. The number of nitrogens with zero attached hydrogens (tertiary/aromatic N) is 2. The lowest BCUT2D eigenvalue weighted by molar-refractivity contribution is 0.629. The highest BCUT2D eigenvalue weighted by Crippen LogP contribution is 2.19. The van der Waals surface area contributed by atoms with Gasteiger partial charge in [0.15, 0.2) is 0 Å². The van der Waals surface area contributed by atoms with Crippen LogP contribution in [-0.2, 0) is 7.05 Å². The smallest absolute Gasteiger partial charge is 0.268 e. The Balaban J connectivity index is 3.10. The molecule has 1 aromatic carbocycles. The molecule has 0 spiro atoms. The van der Waals surface area contributed by atoms with Gasteiger partial charge in [-0.1, -0.05) is 0 Å². The predicted octanol–water partition coefficient (Wildman–Crippen LogP) is 1.86. The van der Waals surface area contributed by atoms with Crippen LogP contribution in [0.15, 0.2) is 23.0 Å². The average Bonchev–Trinajstić information content (AvgIpc) is 2.27. The second-order valence-corrected chi connectivity index (χ2v) is 3.64. The number of pyridine rings is 1. The number of benzene rings is 1. The normalized spacial score (nSPS) is 10.4. The zero-order chi connectivity index (χ0) is 11.9. The van der Waals surface area contributed by atoms with Crippen molar-refractivity contribution < 1.29 is 4.39 Å². The first-order valence-corrected chi connectivity index (χ1v) is 4.75. The van der Waals surface area contributed by atoms with Crippen LogP contribution in [0.4, 0.5) is 4.39 Å². The molecule has 16 heavy (non-hydrogen) atoms. The third-order valence-electron chi connectivity index (χ3n) is 2.73. The summed E-state index contributed by atoms with van der Waals surface area (Å²) in [6.07, 6.45) is 0. The fraction of sp³-hybridized carbons (Fsp3) is 0.167. The fourth-order valence-corrected chi connectivity index (χ4v) is 1.80. The molecule has 0 saturated carbocycles. The van der Waals surface area contributed by atoms with Gasteiger partial charge in [0, 0.05) is 12.4 Å². The van der Waals surface area contributed by atoms with Gasteiger partial charge in [0.2, 0.25) is 0 Å². The predicted molar refractivity (Wildman–Crippen MR) is 58.6 cm³/mol. The van der Waals surface area contributed by atoms with E-state index in [1.165, 1.54) is 16.7 Å². The minimum Gasteiger partial charge on any atom is -0.310 e. The van der Waals surface area contributed by atoms with Crippen molar-refractivity contribution in [2.24, 2.45) is 7.05 Å². The highest BCUT2D eigenvalue weighted by Gasteiger charge is 2.11. The first-order valence-electron chi connectivity index (χ1n) is 4.75. The van der Waals surface area contributed by atoms with Crippen molar-refractivity contribution in [3.63, 3.8) is 0 Å². The van der Waals surface area contributed by atoms with Crippen molar-refractivity contribution in [2.75, 3.05) is 0 Å². The van der Waals surface area contributed by atoms with Crippen LogP contribution in [0.2, 0.25) is 0 Å². The summed E-state index contributed by atoms with van der Waals surface area (Å²) in [5.74, 6) is -0.377. The maximum atomic E-state index is 13.1. The average molecular weight is 216 g/mol. The van der Waals surface area contributed by atoms with Gasteiger partial charge >= 0.3 is 0 Å². The van der Waals surface area contributed by atoms with Gasteiger partial charge in [-0.25, -0.2) is 4.39 Å². The number of halogens is 1. The number of aryl methyl sites for hydroxylation is 2. The number of hydrogen-bond acceptors (Lipinski definition) is 2. The minimum atomic E-state index is -0.377. The number of hydrogen-bond donors (Lipinski definition) is 0. The molecule has 0 saturated heterocycles. The molecule has 1 aromatic heterocycles. The summed E-state index contributed by atoms with van der Waals surface area (Å²) in [4.78, 5) is 11.8. The summed E-state index contributed by atoms with van der Waals surface area (Å²) in [6, 6.07) is 6.04. The Bertz CT molecular complexity index is 680. The molecule has 0 bridgehead atoms. The van der Waals surface area contributed by atoms with E-state index in [-0.39, 0.29) is 16.9 Å². The molecule has 0 radical (unpaired) electrons. The number of aromatic nitrogens is 1. The number of rotatable bonds is 0. The molecule has 4 heteroatoms. The standard InChI is InChI=1S/C12H9FN2O/c1-7-9-5-8(13)3-4-11(9)15(2)12(16)10(7)6-14/h3-5H,1-2H3. The second-order valence-electron chi connectivity index (χ2n) is 3.64. The van der Waals surface area contributed by atoms with Gasteiger partial charge < -0.3 is 4.57 Å². The van der Waals surface area contributed by atoms with Crippen LogP contribution in [0.5, 0.6) is 0 Å². The van der Waals surface area contributed by atoms with E-state index in [1.807, 2.05) is 6.07 Å². The molecule has 0 aliphatic rings. The molecule has 2 rings (SSSR count). The monoisotopic (exact) mass is 216 g/mol. The van der Waals surface area contributed by atoms with Gasteiger partial charge in [-0.3, -0.25) is 4.79 Å². The molecule has 0 aliphatic carbocycles. The van der Waals surface area contributed by atoms with E-state index >= 15 is 0 Å². The third-order valence-corrected chi connectivity index (χ3v) is 2.73. The molecule has 0 N–H and O–H groups in total. The Labute approximate surface area is 91.4 Å².